The fraction of sp³-hybridized carbons (Fsp3) is 0.0455. The van der Waals surface area contributed by atoms with Crippen LogP contribution in [0.5, 0.6) is 0 Å². The predicted molar refractivity (Wildman–Crippen MR) is 107 cm³/mol. The number of ether oxygens (including phenoxy) is 1. The van der Waals surface area contributed by atoms with Crippen molar-refractivity contribution in [1.29, 1.82) is 0 Å². The lowest BCUT2D eigenvalue weighted by molar-refractivity contribution is 0.0600. The number of anilines is 1. The molecular weight excluding hydrogens is 378 g/mol. The molecule has 0 radical (unpaired) electrons. The Morgan fingerprint density at radius 3 is 1.96 bits per heavy atom. The van der Waals surface area contributed by atoms with Crippen LogP contribution in [0, 0.1) is 0 Å². The second kappa shape index (κ2) is 8.50. The molecule has 0 aliphatic carbocycles. The number of carbonyl (C=O) groups is 3. The molecule has 0 fully saturated rings. The zero-order valence-corrected chi connectivity index (χ0v) is 15.7. The Morgan fingerprint density at radius 2 is 1.36 bits per heavy atom. The summed E-state index contributed by atoms with van der Waals surface area (Å²) in [6, 6.07) is 19.3. The van der Waals surface area contributed by atoms with Crippen LogP contribution in [0.25, 0.3) is 0 Å². The van der Waals surface area contributed by atoms with Crippen molar-refractivity contribution >= 4 is 34.9 Å². The van der Waals surface area contributed by atoms with Crippen LogP contribution in [-0.2, 0) is 4.74 Å². The first kappa shape index (κ1) is 19.3. The van der Waals surface area contributed by atoms with Gasteiger partial charge in [-0.2, -0.15) is 0 Å². The van der Waals surface area contributed by atoms with E-state index in [1.807, 2.05) is 0 Å². The molecule has 1 N–H and O–H groups in total. The molecule has 0 spiro atoms. The van der Waals surface area contributed by atoms with E-state index >= 15 is 0 Å². The van der Waals surface area contributed by atoms with E-state index < -0.39 is 11.9 Å². The lowest BCUT2D eigenvalue weighted by atomic mass is 9.98. The van der Waals surface area contributed by atoms with Crippen LogP contribution in [0.4, 0.5) is 5.69 Å². The highest BCUT2D eigenvalue weighted by molar-refractivity contribution is 6.30. The Hall–Kier alpha value is -3.44. The molecule has 0 heterocycles. The number of methoxy groups -OCH3 is 1. The minimum absolute atomic E-state index is 0.250. The van der Waals surface area contributed by atoms with Gasteiger partial charge in [0.15, 0.2) is 5.78 Å². The predicted octanol–water partition coefficient (Wildman–Crippen LogP) is 4.61. The molecule has 6 heteroatoms. The molecule has 140 valence electrons. The molecule has 0 aromatic heterocycles. The van der Waals surface area contributed by atoms with Gasteiger partial charge in [-0.25, -0.2) is 4.79 Å². The summed E-state index contributed by atoms with van der Waals surface area (Å²) in [4.78, 5) is 37.0. The molecule has 3 rings (SSSR count). The Labute approximate surface area is 166 Å². The maximum absolute atomic E-state index is 12.8. The molecule has 1 amide bonds. The van der Waals surface area contributed by atoms with Crippen molar-refractivity contribution in [3.05, 3.63) is 100 Å². The number of carbonyl (C=O) groups excluding carboxylic acids is 3. The quantitative estimate of drug-likeness (QED) is 0.507. The summed E-state index contributed by atoms with van der Waals surface area (Å²) in [5, 5.41) is 3.26. The zero-order valence-electron chi connectivity index (χ0n) is 14.9. The van der Waals surface area contributed by atoms with Crippen molar-refractivity contribution in [2.24, 2.45) is 0 Å². The number of nitrogens with one attached hydrogen (secondary N) is 1. The fourth-order valence-electron chi connectivity index (χ4n) is 2.64. The van der Waals surface area contributed by atoms with Gasteiger partial charge < -0.3 is 10.1 Å². The monoisotopic (exact) mass is 393 g/mol. The molecule has 0 atom stereocenters. The molecule has 3 aromatic rings. The number of benzene rings is 3. The van der Waals surface area contributed by atoms with Gasteiger partial charge in [0.1, 0.15) is 0 Å². The summed E-state index contributed by atoms with van der Waals surface area (Å²) in [6.45, 7) is 0. The van der Waals surface area contributed by atoms with Crippen molar-refractivity contribution in [1.82, 2.24) is 0 Å². The van der Waals surface area contributed by atoms with Crippen molar-refractivity contribution in [3.63, 3.8) is 0 Å². The minimum atomic E-state index is -0.461. The largest absolute Gasteiger partial charge is 0.465 e. The van der Waals surface area contributed by atoms with Crippen LogP contribution in [0.1, 0.15) is 36.6 Å². The maximum Gasteiger partial charge on any atom is 0.337 e. The van der Waals surface area contributed by atoms with Gasteiger partial charge in [-0.05, 0) is 54.6 Å². The number of halogens is 1. The highest BCUT2D eigenvalue weighted by Crippen LogP contribution is 2.19. The smallest absolute Gasteiger partial charge is 0.337 e. The number of rotatable bonds is 5. The molecule has 0 bridgehead atoms. The number of hydrogen-bond acceptors (Lipinski definition) is 4. The van der Waals surface area contributed by atoms with Gasteiger partial charge in [-0.3, -0.25) is 9.59 Å². The summed E-state index contributed by atoms with van der Waals surface area (Å²) in [7, 11) is 1.30. The number of hydrogen-bond donors (Lipinski definition) is 1. The SMILES string of the molecule is COC(=O)c1ccc(NC(=O)c2ccccc2C(=O)c2ccc(Cl)cc2)cc1. The first-order valence-corrected chi connectivity index (χ1v) is 8.76. The van der Waals surface area contributed by atoms with Crippen LogP contribution in [0.3, 0.4) is 0 Å². The third kappa shape index (κ3) is 4.27. The van der Waals surface area contributed by atoms with Gasteiger partial charge in [-0.1, -0.05) is 29.8 Å². The molecular formula is C22H16ClNO4. The standard InChI is InChI=1S/C22H16ClNO4/c1-28-22(27)15-8-12-17(13-9-15)24-21(26)19-5-3-2-4-18(19)20(25)14-6-10-16(23)11-7-14/h2-13H,1H3,(H,24,26). The lowest BCUT2D eigenvalue weighted by Gasteiger charge is -2.10. The van der Waals surface area contributed by atoms with Crippen molar-refractivity contribution in [3.8, 4) is 0 Å². The Morgan fingerprint density at radius 1 is 0.786 bits per heavy atom. The average Bonchev–Trinajstić information content (AvgIpc) is 2.73. The minimum Gasteiger partial charge on any atom is -0.465 e. The van der Waals surface area contributed by atoms with E-state index in [-0.39, 0.29) is 16.9 Å². The highest BCUT2D eigenvalue weighted by atomic mass is 35.5. The van der Waals surface area contributed by atoms with Crippen molar-refractivity contribution in [2.75, 3.05) is 12.4 Å². The Bertz CT molecular complexity index is 1030. The molecule has 0 unspecified atom stereocenters. The van der Waals surface area contributed by atoms with Crippen LogP contribution in [0.15, 0.2) is 72.8 Å². The van der Waals surface area contributed by atoms with Crippen molar-refractivity contribution < 1.29 is 19.1 Å². The molecule has 0 aliphatic rings. The Balaban J connectivity index is 1.84. The topological polar surface area (TPSA) is 72.5 Å². The van der Waals surface area contributed by atoms with E-state index in [0.29, 0.717) is 21.8 Å². The second-order valence-corrected chi connectivity index (χ2v) is 6.34. The van der Waals surface area contributed by atoms with E-state index in [0.717, 1.165) is 0 Å². The van der Waals surface area contributed by atoms with Gasteiger partial charge in [0.05, 0.1) is 18.2 Å². The fourth-order valence-corrected chi connectivity index (χ4v) is 2.77. The summed E-state index contributed by atoms with van der Waals surface area (Å²) in [5.41, 5.74) is 1.84. The van der Waals surface area contributed by atoms with Gasteiger partial charge >= 0.3 is 5.97 Å². The van der Waals surface area contributed by atoms with Crippen molar-refractivity contribution in [2.45, 2.75) is 0 Å². The molecule has 5 nitrogen and oxygen atoms in total. The van der Waals surface area contributed by atoms with Crippen LogP contribution in [0.2, 0.25) is 5.02 Å². The summed E-state index contributed by atoms with van der Waals surface area (Å²) < 4.78 is 4.65. The zero-order chi connectivity index (χ0) is 20.1. The number of ketones is 1. The van der Waals surface area contributed by atoms with Gasteiger partial charge in [0, 0.05) is 21.8 Å². The summed E-state index contributed by atoms with van der Waals surface area (Å²) >= 11 is 5.87. The van der Waals surface area contributed by atoms with E-state index in [2.05, 4.69) is 10.1 Å². The van der Waals surface area contributed by atoms with Gasteiger partial charge in [0.25, 0.3) is 5.91 Å². The Kier molecular flexibility index (Phi) is 5.87. The van der Waals surface area contributed by atoms with E-state index in [1.165, 1.54) is 7.11 Å². The van der Waals surface area contributed by atoms with Crippen LogP contribution in [-0.4, -0.2) is 24.8 Å². The van der Waals surface area contributed by atoms with E-state index in [4.69, 9.17) is 11.6 Å². The first-order valence-electron chi connectivity index (χ1n) is 8.38. The van der Waals surface area contributed by atoms with Crippen LogP contribution < -0.4 is 5.32 Å². The van der Waals surface area contributed by atoms with E-state index in [9.17, 15) is 14.4 Å². The highest BCUT2D eigenvalue weighted by Gasteiger charge is 2.18. The second-order valence-electron chi connectivity index (χ2n) is 5.90. The normalized spacial score (nSPS) is 10.2. The molecule has 28 heavy (non-hydrogen) atoms. The molecule has 0 saturated carbocycles. The molecule has 3 aromatic carbocycles. The molecule has 0 saturated heterocycles. The summed E-state index contributed by atoms with van der Waals surface area (Å²) in [6.07, 6.45) is 0. The third-order valence-corrected chi connectivity index (χ3v) is 4.34. The van der Waals surface area contributed by atoms with Crippen LogP contribution >= 0.6 is 11.6 Å². The maximum atomic E-state index is 12.8. The average molecular weight is 394 g/mol. The lowest BCUT2D eigenvalue weighted by Crippen LogP contribution is -2.17. The van der Waals surface area contributed by atoms with Gasteiger partial charge in [0.2, 0.25) is 0 Å². The first-order chi connectivity index (χ1) is 13.5. The third-order valence-electron chi connectivity index (χ3n) is 4.09. The van der Waals surface area contributed by atoms with E-state index in [1.54, 1.807) is 72.8 Å². The number of amides is 1. The number of esters is 1. The molecule has 0 aliphatic heterocycles. The summed E-state index contributed by atoms with van der Waals surface area (Å²) in [5.74, 6) is -1.16. The van der Waals surface area contributed by atoms with Gasteiger partial charge in [-0.15, -0.1) is 0 Å².